The van der Waals surface area contributed by atoms with Gasteiger partial charge in [-0.3, -0.25) is 0 Å². The van der Waals surface area contributed by atoms with Crippen LogP contribution >= 0.6 is 0 Å². The summed E-state index contributed by atoms with van der Waals surface area (Å²) in [7, 11) is -3.43. The lowest BCUT2D eigenvalue weighted by Gasteiger charge is -2.32. The molecule has 0 aliphatic carbocycles. The standard InChI is InChI=1S/C17H24N4O2S/c1-4-17-19-18-12-21(17)15-7-9-20(10-8-15)24(22,23)16-11-13(2)5-6-14(16)3/h5-6,11-12,15H,4,7-10H2,1-3H3. The summed E-state index contributed by atoms with van der Waals surface area (Å²) in [6.07, 6.45) is 4.17. The van der Waals surface area contributed by atoms with E-state index in [-0.39, 0.29) is 6.04 Å². The van der Waals surface area contributed by atoms with Gasteiger partial charge in [0.2, 0.25) is 10.0 Å². The third-order valence-corrected chi connectivity index (χ3v) is 6.78. The van der Waals surface area contributed by atoms with Gasteiger partial charge < -0.3 is 4.57 Å². The molecular formula is C17H24N4O2S. The molecule has 0 N–H and O–H groups in total. The summed E-state index contributed by atoms with van der Waals surface area (Å²) in [5.74, 6) is 0.964. The monoisotopic (exact) mass is 348 g/mol. The fourth-order valence-corrected chi connectivity index (χ4v) is 5.09. The molecule has 1 saturated heterocycles. The molecule has 2 heterocycles. The van der Waals surface area contributed by atoms with E-state index in [9.17, 15) is 8.42 Å². The number of hydrogen-bond donors (Lipinski definition) is 0. The SMILES string of the molecule is CCc1nncn1C1CCN(S(=O)(=O)c2cc(C)ccc2C)CC1. The predicted molar refractivity (Wildman–Crippen MR) is 92.3 cm³/mol. The van der Waals surface area contributed by atoms with Gasteiger partial charge in [0.25, 0.3) is 0 Å². The highest BCUT2D eigenvalue weighted by atomic mass is 32.2. The second-order valence-electron chi connectivity index (χ2n) is 6.41. The van der Waals surface area contributed by atoms with Crippen molar-refractivity contribution in [1.29, 1.82) is 0 Å². The number of sulfonamides is 1. The normalized spacial score (nSPS) is 17.3. The lowest BCUT2D eigenvalue weighted by atomic mass is 10.1. The van der Waals surface area contributed by atoms with E-state index in [0.29, 0.717) is 18.0 Å². The highest BCUT2D eigenvalue weighted by Crippen LogP contribution is 2.29. The van der Waals surface area contributed by atoms with Gasteiger partial charge in [0.1, 0.15) is 12.2 Å². The number of nitrogens with zero attached hydrogens (tertiary/aromatic N) is 4. The lowest BCUT2D eigenvalue weighted by molar-refractivity contribution is 0.270. The molecule has 130 valence electrons. The van der Waals surface area contributed by atoms with Crippen LogP contribution in [0.25, 0.3) is 0 Å². The van der Waals surface area contributed by atoms with Crippen LogP contribution < -0.4 is 0 Å². The van der Waals surface area contributed by atoms with Crippen LogP contribution in [0.3, 0.4) is 0 Å². The summed E-state index contributed by atoms with van der Waals surface area (Å²) < 4.78 is 29.7. The van der Waals surface area contributed by atoms with Gasteiger partial charge in [-0.2, -0.15) is 4.31 Å². The number of rotatable bonds is 4. The van der Waals surface area contributed by atoms with Crippen molar-refractivity contribution in [2.24, 2.45) is 0 Å². The topological polar surface area (TPSA) is 68.1 Å². The summed E-state index contributed by atoms with van der Waals surface area (Å²) >= 11 is 0. The molecule has 1 aliphatic rings. The zero-order valence-corrected chi connectivity index (χ0v) is 15.3. The minimum Gasteiger partial charge on any atom is -0.314 e. The van der Waals surface area contributed by atoms with Gasteiger partial charge in [-0.15, -0.1) is 10.2 Å². The first-order chi connectivity index (χ1) is 11.4. The number of benzene rings is 1. The van der Waals surface area contributed by atoms with E-state index in [1.54, 1.807) is 16.7 Å². The molecule has 24 heavy (non-hydrogen) atoms. The highest BCUT2D eigenvalue weighted by Gasteiger charge is 2.31. The first kappa shape index (κ1) is 17.1. The fourth-order valence-electron chi connectivity index (χ4n) is 3.31. The number of aryl methyl sites for hydroxylation is 3. The predicted octanol–water partition coefficient (Wildman–Crippen LogP) is 2.48. The van der Waals surface area contributed by atoms with Gasteiger partial charge in [-0.05, 0) is 43.9 Å². The molecule has 1 aromatic carbocycles. The Hall–Kier alpha value is -1.73. The van der Waals surface area contributed by atoms with E-state index >= 15 is 0 Å². The first-order valence-corrected chi connectivity index (χ1v) is 9.83. The summed E-state index contributed by atoms with van der Waals surface area (Å²) in [4.78, 5) is 0.430. The molecule has 0 radical (unpaired) electrons. The molecule has 1 aromatic heterocycles. The Kier molecular flexibility index (Phi) is 4.73. The molecule has 0 atom stereocenters. The Balaban J connectivity index is 1.77. The van der Waals surface area contributed by atoms with Crippen molar-refractivity contribution >= 4 is 10.0 Å². The highest BCUT2D eigenvalue weighted by molar-refractivity contribution is 7.89. The Morgan fingerprint density at radius 2 is 1.92 bits per heavy atom. The molecule has 0 unspecified atom stereocenters. The average molecular weight is 348 g/mol. The van der Waals surface area contributed by atoms with Gasteiger partial charge in [-0.1, -0.05) is 19.1 Å². The van der Waals surface area contributed by atoms with Crippen molar-refractivity contribution in [2.45, 2.75) is 51.0 Å². The van der Waals surface area contributed by atoms with Crippen LogP contribution in [0, 0.1) is 13.8 Å². The summed E-state index contributed by atoms with van der Waals surface area (Å²) in [5.41, 5.74) is 1.76. The van der Waals surface area contributed by atoms with Crippen LogP contribution in [-0.2, 0) is 16.4 Å². The number of hydrogen-bond acceptors (Lipinski definition) is 4. The number of aromatic nitrogens is 3. The minimum atomic E-state index is -3.43. The zero-order chi connectivity index (χ0) is 17.3. The van der Waals surface area contributed by atoms with Gasteiger partial charge in [0.05, 0.1) is 4.90 Å². The summed E-state index contributed by atoms with van der Waals surface area (Å²) in [6.45, 7) is 6.89. The van der Waals surface area contributed by atoms with Crippen molar-refractivity contribution in [2.75, 3.05) is 13.1 Å². The molecule has 0 saturated carbocycles. The van der Waals surface area contributed by atoms with Gasteiger partial charge in [-0.25, -0.2) is 8.42 Å². The van der Waals surface area contributed by atoms with E-state index in [0.717, 1.165) is 36.2 Å². The molecule has 1 aliphatic heterocycles. The Labute approximate surface area is 143 Å². The average Bonchev–Trinajstić information content (AvgIpc) is 3.05. The van der Waals surface area contributed by atoms with Gasteiger partial charge >= 0.3 is 0 Å². The number of piperidine rings is 1. The minimum absolute atomic E-state index is 0.278. The maximum Gasteiger partial charge on any atom is 0.243 e. The molecular weight excluding hydrogens is 324 g/mol. The largest absolute Gasteiger partial charge is 0.314 e. The van der Waals surface area contributed by atoms with Crippen molar-refractivity contribution in [3.63, 3.8) is 0 Å². The Morgan fingerprint density at radius 1 is 1.21 bits per heavy atom. The van der Waals surface area contributed by atoms with Crippen LogP contribution in [0.1, 0.15) is 42.8 Å². The van der Waals surface area contributed by atoms with Crippen molar-refractivity contribution in [1.82, 2.24) is 19.1 Å². The molecule has 2 aromatic rings. The Morgan fingerprint density at radius 3 is 2.58 bits per heavy atom. The first-order valence-electron chi connectivity index (χ1n) is 8.39. The molecule has 0 spiro atoms. The van der Waals surface area contributed by atoms with Gasteiger partial charge in [0.15, 0.2) is 0 Å². The summed E-state index contributed by atoms with van der Waals surface area (Å²) in [6, 6.07) is 5.87. The molecule has 7 heteroatoms. The molecule has 3 rings (SSSR count). The molecule has 0 amide bonds. The third-order valence-electron chi connectivity index (χ3n) is 4.74. The van der Waals surface area contributed by atoms with E-state index in [1.807, 2.05) is 26.0 Å². The lowest BCUT2D eigenvalue weighted by Crippen LogP contribution is -2.39. The molecule has 6 nitrogen and oxygen atoms in total. The van der Waals surface area contributed by atoms with Crippen molar-refractivity contribution in [3.8, 4) is 0 Å². The van der Waals surface area contributed by atoms with E-state index < -0.39 is 10.0 Å². The zero-order valence-electron chi connectivity index (χ0n) is 14.4. The second kappa shape index (κ2) is 6.64. The molecule has 0 bridgehead atoms. The Bertz CT molecular complexity index is 821. The van der Waals surface area contributed by atoms with E-state index in [1.165, 1.54) is 0 Å². The van der Waals surface area contributed by atoms with Crippen LogP contribution in [-0.4, -0.2) is 40.6 Å². The third kappa shape index (κ3) is 3.10. The fraction of sp³-hybridized carbons (Fsp3) is 0.529. The van der Waals surface area contributed by atoms with Gasteiger partial charge in [0, 0.05) is 25.6 Å². The van der Waals surface area contributed by atoms with Crippen molar-refractivity contribution < 1.29 is 8.42 Å². The van der Waals surface area contributed by atoms with E-state index in [4.69, 9.17) is 0 Å². The van der Waals surface area contributed by atoms with Crippen LogP contribution in [0.5, 0.6) is 0 Å². The summed E-state index contributed by atoms with van der Waals surface area (Å²) in [5, 5.41) is 8.11. The smallest absolute Gasteiger partial charge is 0.243 e. The quantitative estimate of drug-likeness (QED) is 0.851. The van der Waals surface area contributed by atoms with Crippen LogP contribution in [0.15, 0.2) is 29.4 Å². The van der Waals surface area contributed by atoms with Crippen LogP contribution in [0.4, 0.5) is 0 Å². The van der Waals surface area contributed by atoms with Crippen molar-refractivity contribution in [3.05, 3.63) is 41.5 Å². The maximum atomic E-state index is 13.0. The van der Waals surface area contributed by atoms with Crippen LogP contribution in [0.2, 0.25) is 0 Å². The molecule has 1 fully saturated rings. The van der Waals surface area contributed by atoms with E-state index in [2.05, 4.69) is 21.7 Å². The second-order valence-corrected chi connectivity index (χ2v) is 8.32. The maximum absolute atomic E-state index is 13.0.